The molecule has 6 heteroatoms. The molecule has 1 saturated carbocycles. The summed E-state index contributed by atoms with van der Waals surface area (Å²) in [6, 6.07) is 12.8. The molecule has 0 bridgehead atoms. The van der Waals surface area contributed by atoms with Gasteiger partial charge in [-0.1, -0.05) is 39.5 Å². The first-order valence-corrected chi connectivity index (χ1v) is 13.1. The van der Waals surface area contributed by atoms with Crippen LogP contribution in [0.25, 0.3) is 10.9 Å². The van der Waals surface area contributed by atoms with E-state index < -0.39 is 0 Å². The van der Waals surface area contributed by atoms with Gasteiger partial charge in [0.15, 0.2) is 0 Å². The number of likely N-dealkylation sites (N-methyl/N-ethyl adjacent to an activating group) is 1. The fraction of sp³-hybridized carbons (Fsp3) is 0.533. The van der Waals surface area contributed by atoms with Gasteiger partial charge in [-0.15, -0.1) is 0 Å². The van der Waals surface area contributed by atoms with Crippen molar-refractivity contribution in [1.29, 1.82) is 0 Å². The minimum atomic E-state index is 0. The fourth-order valence-electron chi connectivity index (χ4n) is 5.06. The van der Waals surface area contributed by atoms with Crippen LogP contribution in [0.4, 0.5) is 11.5 Å². The number of aromatic nitrogens is 2. The van der Waals surface area contributed by atoms with Crippen LogP contribution in [0.3, 0.4) is 0 Å². The van der Waals surface area contributed by atoms with Crippen molar-refractivity contribution >= 4 is 22.4 Å². The lowest BCUT2D eigenvalue weighted by Crippen LogP contribution is -2.34. The Balaban J connectivity index is 0.00000117. The number of methoxy groups -OCH3 is 1. The first-order valence-electron chi connectivity index (χ1n) is 13.1. The number of rotatable bonds is 7. The van der Waals surface area contributed by atoms with E-state index in [1.54, 1.807) is 7.11 Å². The molecule has 1 saturated heterocycles. The van der Waals surface area contributed by atoms with Gasteiger partial charge >= 0.3 is 0 Å². The Morgan fingerprint density at radius 2 is 1.72 bits per heavy atom. The minimum Gasteiger partial charge on any atom is -0.496 e. The zero-order valence-corrected chi connectivity index (χ0v) is 21.9. The second-order valence-corrected chi connectivity index (χ2v) is 9.49. The largest absolute Gasteiger partial charge is 0.496 e. The number of aryl methyl sites for hydroxylation is 1. The van der Waals surface area contributed by atoms with E-state index in [-0.39, 0.29) is 14.0 Å². The molecule has 6 nitrogen and oxygen atoms in total. The van der Waals surface area contributed by atoms with E-state index in [2.05, 4.69) is 47.1 Å². The van der Waals surface area contributed by atoms with E-state index in [0.29, 0.717) is 18.4 Å². The SMILES string of the molecule is C.CC.COc1ccccc1C1CCN(c2nc(C3CC3)nc3c(C)cc(N(C)CCO)cc23)CC1. The van der Waals surface area contributed by atoms with Gasteiger partial charge in [0.2, 0.25) is 0 Å². The Morgan fingerprint density at radius 1 is 1.03 bits per heavy atom. The Kier molecular flexibility index (Phi) is 9.55. The molecule has 5 rings (SSSR count). The predicted octanol–water partition coefficient (Wildman–Crippen LogP) is 6.30. The average Bonchev–Trinajstić information content (AvgIpc) is 3.75. The van der Waals surface area contributed by atoms with Crippen LogP contribution in [0, 0.1) is 6.92 Å². The van der Waals surface area contributed by atoms with Crippen molar-refractivity contribution in [2.75, 3.05) is 50.2 Å². The molecule has 36 heavy (non-hydrogen) atoms. The maximum atomic E-state index is 9.42. The molecule has 1 aliphatic carbocycles. The topological polar surface area (TPSA) is 61.7 Å². The zero-order valence-electron chi connectivity index (χ0n) is 21.9. The molecule has 1 aromatic heterocycles. The molecule has 1 N–H and O–H groups in total. The molecule has 2 aromatic carbocycles. The molecule has 3 aromatic rings. The Bertz CT molecular complexity index is 1140. The van der Waals surface area contributed by atoms with Crippen molar-refractivity contribution in [3.05, 3.63) is 53.3 Å². The maximum Gasteiger partial charge on any atom is 0.140 e. The highest BCUT2D eigenvalue weighted by atomic mass is 16.5. The van der Waals surface area contributed by atoms with Gasteiger partial charge in [0.1, 0.15) is 17.4 Å². The van der Waals surface area contributed by atoms with Crippen LogP contribution < -0.4 is 14.5 Å². The highest BCUT2D eigenvalue weighted by Gasteiger charge is 2.30. The van der Waals surface area contributed by atoms with E-state index in [9.17, 15) is 5.11 Å². The number of piperidine rings is 1. The average molecular weight is 493 g/mol. The molecule has 2 fully saturated rings. The van der Waals surface area contributed by atoms with Gasteiger partial charge < -0.3 is 19.6 Å². The number of aliphatic hydroxyl groups excluding tert-OH is 1. The lowest BCUT2D eigenvalue weighted by molar-refractivity contribution is 0.304. The summed E-state index contributed by atoms with van der Waals surface area (Å²) in [5.74, 6) is 4.08. The van der Waals surface area contributed by atoms with Gasteiger partial charge in [-0.05, 0) is 67.9 Å². The number of anilines is 2. The third kappa shape index (κ3) is 5.75. The van der Waals surface area contributed by atoms with Crippen LogP contribution in [0.5, 0.6) is 5.75 Å². The van der Waals surface area contributed by atoms with Crippen LogP contribution in [0.15, 0.2) is 36.4 Å². The zero-order chi connectivity index (χ0) is 24.9. The molecule has 0 atom stereocenters. The number of benzene rings is 2. The third-order valence-corrected chi connectivity index (χ3v) is 7.16. The van der Waals surface area contributed by atoms with Crippen LogP contribution in [0.2, 0.25) is 0 Å². The Morgan fingerprint density at radius 3 is 2.36 bits per heavy atom. The number of aliphatic hydroxyl groups is 1. The normalized spacial score (nSPS) is 15.7. The standard InChI is InChI=1S/C27H34N4O2.C2H6.CH4/c1-18-16-21(30(2)14-15-32)17-23-25(18)28-26(20-8-9-20)29-27(23)31-12-10-19(11-13-31)22-6-4-5-7-24(22)33-3;1-2;/h4-7,16-17,19-20,32H,8-15H2,1-3H3;1-2H3;1H4. The summed E-state index contributed by atoms with van der Waals surface area (Å²) in [5.41, 5.74) is 4.65. The fourth-order valence-corrected chi connectivity index (χ4v) is 5.06. The van der Waals surface area contributed by atoms with Crippen molar-refractivity contribution in [1.82, 2.24) is 9.97 Å². The molecule has 0 spiro atoms. The van der Waals surface area contributed by atoms with Crippen LogP contribution in [-0.2, 0) is 0 Å². The lowest BCUT2D eigenvalue weighted by Gasteiger charge is -2.34. The van der Waals surface area contributed by atoms with Crippen molar-refractivity contribution in [3.8, 4) is 5.75 Å². The summed E-state index contributed by atoms with van der Waals surface area (Å²) in [7, 11) is 3.78. The summed E-state index contributed by atoms with van der Waals surface area (Å²) >= 11 is 0. The summed E-state index contributed by atoms with van der Waals surface area (Å²) in [6.07, 6.45) is 4.54. The van der Waals surface area contributed by atoms with Crippen molar-refractivity contribution in [2.45, 2.75) is 65.7 Å². The van der Waals surface area contributed by atoms with Crippen molar-refractivity contribution in [3.63, 3.8) is 0 Å². The first-order chi connectivity index (χ1) is 17.1. The highest BCUT2D eigenvalue weighted by Crippen LogP contribution is 2.42. The first kappa shape index (κ1) is 27.7. The van der Waals surface area contributed by atoms with Crippen LogP contribution in [-0.4, -0.2) is 55.5 Å². The quantitative estimate of drug-likeness (QED) is 0.418. The van der Waals surface area contributed by atoms with E-state index in [1.807, 2.05) is 27.0 Å². The number of hydrogen-bond acceptors (Lipinski definition) is 6. The third-order valence-electron chi connectivity index (χ3n) is 7.16. The van der Waals surface area contributed by atoms with Gasteiger partial charge in [-0.2, -0.15) is 0 Å². The smallest absolute Gasteiger partial charge is 0.140 e. The maximum absolute atomic E-state index is 9.42. The molecule has 196 valence electrons. The molecule has 2 heterocycles. The monoisotopic (exact) mass is 492 g/mol. The van der Waals surface area contributed by atoms with E-state index in [4.69, 9.17) is 14.7 Å². The van der Waals surface area contributed by atoms with E-state index >= 15 is 0 Å². The van der Waals surface area contributed by atoms with E-state index in [1.165, 1.54) is 24.0 Å². The number of ether oxygens (including phenoxy) is 1. The van der Waals surface area contributed by atoms with Gasteiger partial charge in [0.25, 0.3) is 0 Å². The summed E-state index contributed by atoms with van der Waals surface area (Å²) in [4.78, 5) is 14.7. The summed E-state index contributed by atoms with van der Waals surface area (Å²) in [5, 5.41) is 10.5. The molecular weight excluding hydrogens is 448 g/mol. The Labute approximate surface area is 217 Å². The van der Waals surface area contributed by atoms with Gasteiger partial charge in [-0.25, -0.2) is 9.97 Å². The molecule has 2 aliphatic rings. The minimum absolute atomic E-state index is 0. The van der Waals surface area contributed by atoms with Gasteiger partial charge in [-0.3, -0.25) is 0 Å². The lowest BCUT2D eigenvalue weighted by atomic mass is 9.88. The molecule has 0 radical (unpaired) electrons. The van der Waals surface area contributed by atoms with Crippen LogP contribution >= 0.6 is 0 Å². The number of fused-ring (bicyclic) bond motifs is 1. The molecule has 0 unspecified atom stereocenters. The van der Waals surface area contributed by atoms with Crippen LogP contribution in [0.1, 0.15) is 75.7 Å². The highest BCUT2D eigenvalue weighted by molar-refractivity contribution is 5.94. The van der Waals surface area contributed by atoms with E-state index in [0.717, 1.165) is 59.9 Å². The predicted molar refractivity (Wildman–Crippen MR) is 152 cm³/mol. The van der Waals surface area contributed by atoms with Crippen molar-refractivity contribution < 1.29 is 9.84 Å². The van der Waals surface area contributed by atoms with Gasteiger partial charge in [0, 0.05) is 43.7 Å². The van der Waals surface area contributed by atoms with Crippen molar-refractivity contribution in [2.24, 2.45) is 0 Å². The van der Waals surface area contributed by atoms with Gasteiger partial charge in [0.05, 0.1) is 19.2 Å². The summed E-state index contributed by atoms with van der Waals surface area (Å²) < 4.78 is 5.63. The number of hydrogen-bond donors (Lipinski definition) is 1. The number of nitrogens with zero attached hydrogens (tertiary/aromatic N) is 4. The second kappa shape index (κ2) is 12.4. The second-order valence-electron chi connectivity index (χ2n) is 9.49. The molecule has 0 amide bonds. The molecule has 1 aliphatic heterocycles. The molecular formula is C30H44N4O2. The number of para-hydroxylation sites is 1. The Hall–Kier alpha value is -2.86. The summed E-state index contributed by atoms with van der Waals surface area (Å²) in [6.45, 7) is 8.81.